The predicted molar refractivity (Wildman–Crippen MR) is 89.9 cm³/mol. The summed E-state index contributed by atoms with van der Waals surface area (Å²) in [6.45, 7) is 3.76. The lowest BCUT2D eigenvalue weighted by Crippen LogP contribution is -3.00. The van der Waals surface area contributed by atoms with Gasteiger partial charge in [0.1, 0.15) is 5.75 Å². The number of rotatable bonds is 4. The van der Waals surface area contributed by atoms with E-state index in [2.05, 4.69) is 7.05 Å². The van der Waals surface area contributed by atoms with Gasteiger partial charge in [-0.1, -0.05) is 0 Å². The van der Waals surface area contributed by atoms with E-state index in [4.69, 9.17) is 4.74 Å². The number of quaternary nitrogens is 1. The van der Waals surface area contributed by atoms with Gasteiger partial charge in [0.25, 0.3) is 0 Å². The molecule has 0 aromatic heterocycles. The van der Waals surface area contributed by atoms with E-state index in [9.17, 15) is 8.42 Å². The van der Waals surface area contributed by atoms with Crippen molar-refractivity contribution in [2.24, 2.45) is 0 Å². The summed E-state index contributed by atoms with van der Waals surface area (Å²) in [7, 11) is 0.535. The lowest BCUT2D eigenvalue weighted by Gasteiger charge is -2.42. The van der Waals surface area contributed by atoms with Crippen molar-refractivity contribution in [3.63, 3.8) is 0 Å². The molecule has 1 aromatic rings. The summed E-state index contributed by atoms with van der Waals surface area (Å²) in [6.07, 6.45) is 4.54. The summed E-state index contributed by atoms with van der Waals surface area (Å²) < 4.78 is 33.4. The molecule has 2 fully saturated rings. The number of sulfonamides is 1. The Kier molecular flexibility index (Phi) is 6.55. The number of benzene rings is 1. The van der Waals surface area contributed by atoms with Crippen molar-refractivity contribution in [2.75, 3.05) is 40.3 Å². The number of methoxy groups -OCH3 is 1. The van der Waals surface area contributed by atoms with Gasteiger partial charge in [-0.05, 0) is 24.3 Å². The van der Waals surface area contributed by atoms with Crippen LogP contribution in [0.3, 0.4) is 0 Å². The standard InChI is InChI=1S/C17H27N2O3S.HI/c1-19(13-3-4-14-19)15-9-11-18(12-10-15)23(20,21)17-7-5-16(22-2)6-8-17;/h5-8,15H,3-4,9-14H2,1-2H3;1H/q+1;/p-1. The molecule has 2 aliphatic heterocycles. The molecular weight excluding hydrogens is 439 g/mol. The molecule has 7 heteroatoms. The van der Waals surface area contributed by atoms with Crippen LogP contribution < -0.4 is 28.7 Å². The smallest absolute Gasteiger partial charge is 0.243 e. The van der Waals surface area contributed by atoms with Crippen LogP contribution in [0, 0.1) is 0 Å². The van der Waals surface area contributed by atoms with Crippen LogP contribution in [0.25, 0.3) is 0 Å². The molecule has 0 bridgehead atoms. The van der Waals surface area contributed by atoms with Crippen LogP contribution in [-0.4, -0.2) is 63.6 Å². The monoisotopic (exact) mass is 466 g/mol. The highest BCUT2D eigenvalue weighted by Gasteiger charge is 2.40. The van der Waals surface area contributed by atoms with Crippen LogP contribution >= 0.6 is 0 Å². The Bertz CT molecular complexity index is 634. The third kappa shape index (κ3) is 3.89. The molecule has 0 atom stereocenters. The lowest BCUT2D eigenvalue weighted by molar-refractivity contribution is -0.923. The zero-order valence-corrected chi connectivity index (χ0v) is 17.4. The quantitative estimate of drug-likeness (QED) is 0.427. The van der Waals surface area contributed by atoms with Crippen LogP contribution in [0.2, 0.25) is 0 Å². The van der Waals surface area contributed by atoms with Crippen LogP contribution in [0.4, 0.5) is 0 Å². The van der Waals surface area contributed by atoms with Gasteiger partial charge in [0, 0.05) is 38.8 Å². The number of halogens is 1. The first kappa shape index (κ1) is 19.9. The van der Waals surface area contributed by atoms with Gasteiger partial charge in [-0.2, -0.15) is 4.31 Å². The molecule has 2 saturated heterocycles. The van der Waals surface area contributed by atoms with Gasteiger partial charge in [0.15, 0.2) is 0 Å². The number of likely N-dealkylation sites (tertiary alicyclic amines) is 1. The molecule has 24 heavy (non-hydrogen) atoms. The van der Waals surface area contributed by atoms with E-state index in [1.807, 2.05) is 0 Å². The Balaban J connectivity index is 0.00000208. The SMILES string of the molecule is COc1ccc(S(=O)(=O)N2CCC([N+]3(C)CCCC3)CC2)cc1.[I-]. The van der Waals surface area contributed by atoms with E-state index in [0.717, 1.165) is 17.3 Å². The highest BCUT2D eigenvalue weighted by Crippen LogP contribution is 2.30. The van der Waals surface area contributed by atoms with E-state index in [1.165, 1.54) is 25.9 Å². The predicted octanol–water partition coefficient (Wildman–Crippen LogP) is -0.907. The maximum Gasteiger partial charge on any atom is 0.243 e. The van der Waals surface area contributed by atoms with Crippen molar-refractivity contribution in [1.82, 2.24) is 4.31 Å². The number of nitrogens with zero attached hydrogens (tertiary/aromatic N) is 2. The Labute approximate surface area is 162 Å². The summed E-state index contributed by atoms with van der Waals surface area (Å²) in [5, 5.41) is 0. The van der Waals surface area contributed by atoms with Crippen LogP contribution in [-0.2, 0) is 10.0 Å². The first-order valence-corrected chi connectivity index (χ1v) is 9.88. The largest absolute Gasteiger partial charge is 1.00 e. The van der Waals surface area contributed by atoms with Gasteiger partial charge in [-0.3, -0.25) is 0 Å². The lowest BCUT2D eigenvalue weighted by atomic mass is 10.0. The van der Waals surface area contributed by atoms with Gasteiger partial charge < -0.3 is 33.2 Å². The third-order valence-electron chi connectivity index (χ3n) is 5.59. The molecule has 0 unspecified atom stereocenters. The second-order valence-corrected chi connectivity index (χ2v) is 8.88. The molecular formula is C17H27IN2O3S. The molecule has 1 aromatic carbocycles. The number of hydrogen-bond acceptors (Lipinski definition) is 3. The molecule has 0 aliphatic carbocycles. The topological polar surface area (TPSA) is 46.6 Å². The molecule has 0 N–H and O–H groups in total. The minimum atomic E-state index is -3.38. The van der Waals surface area contributed by atoms with E-state index in [-0.39, 0.29) is 24.0 Å². The van der Waals surface area contributed by atoms with Crippen molar-refractivity contribution in [1.29, 1.82) is 0 Å². The zero-order valence-electron chi connectivity index (χ0n) is 14.4. The van der Waals surface area contributed by atoms with Crippen LogP contribution in [0.5, 0.6) is 5.75 Å². The normalized spacial score (nSPS) is 22.1. The number of piperidine rings is 1. The molecule has 2 aliphatic rings. The highest BCUT2D eigenvalue weighted by molar-refractivity contribution is 7.89. The van der Waals surface area contributed by atoms with Crippen molar-refractivity contribution < 1.29 is 41.6 Å². The second kappa shape index (κ2) is 7.88. The van der Waals surface area contributed by atoms with Gasteiger partial charge >= 0.3 is 0 Å². The first-order chi connectivity index (χ1) is 11.0. The molecule has 0 saturated carbocycles. The van der Waals surface area contributed by atoms with Crippen molar-refractivity contribution in [3.8, 4) is 5.75 Å². The minimum Gasteiger partial charge on any atom is -1.00 e. The molecule has 0 spiro atoms. The van der Waals surface area contributed by atoms with Crippen LogP contribution in [0.15, 0.2) is 29.2 Å². The fourth-order valence-electron chi connectivity index (χ4n) is 4.03. The fraction of sp³-hybridized carbons (Fsp3) is 0.647. The Morgan fingerprint density at radius 1 is 1.08 bits per heavy atom. The van der Waals surface area contributed by atoms with Crippen LogP contribution in [0.1, 0.15) is 25.7 Å². The van der Waals surface area contributed by atoms with E-state index in [1.54, 1.807) is 35.7 Å². The summed E-state index contributed by atoms with van der Waals surface area (Å²) in [5.74, 6) is 0.675. The van der Waals surface area contributed by atoms with E-state index in [0.29, 0.717) is 29.8 Å². The van der Waals surface area contributed by atoms with E-state index >= 15 is 0 Å². The maximum absolute atomic E-state index is 12.8. The fourth-order valence-corrected chi connectivity index (χ4v) is 5.50. The average molecular weight is 466 g/mol. The highest BCUT2D eigenvalue weighted by atomic mass is 127. The average Bonchev–Trinajstić information content (AvgIpc) is 3.03. The molecule has 136 valence electrons. The van der Waals surface area contributed by atoms with E-state index < -0.39 is 10.0 Å². The third-order valence-corrected chi connectivity index (χ3v) is 7.50. The van der Waals surface area contributed by atoms with Gasteiger partial charge in [-0.25, -0.2) is 8.42 Å². The summed E-state index contributed by atoms with van der Waals surface area (Å²) in [4.78, 5) is 0.360. The molecule has 0 amide bonds. The van der Waals surface area contributed by atoms with Gasteiger partial charge in [-0.15, -0.1) is 0 Å². The summed E-state index contributed by atoms with van der Waals surface area (Å²) >= 11 is 0. The molecule has 2 heterocycles. The minimum absolute atomic E-state index is 0. The first-order valence-electron chi connectivity index (χ1n) is 8.44. The Morgan fingerprint density at radius 3 is 2.12 bits per heavy atom. The number of hydrogen-bond donors (Lipinski definition) is 0. The zero-order chi connectivity index (χ0) is 16.5. The number of ether oxygens (including phenoxy) is 1. The molecule has 5 nitrogen and oxygen atoms in total. The Morgan fingerprint density at radius 2 is 1.62 bits per heavy atom. The summed E-state index contributed by atoms with van der Waals surface area (Å²) in [5.41, 5.74) is 0. The summed E-state index contributed by atoms with van der Waals surface area (Å²) in [6, 6.07) is 7.29. The maximum atomic E-state index is 12.8. The van der Waals surface area contributed by atoms with Crippen molar-refractivity contribution >= 4 is 10.0 Å². The molecule has 3 rings (SSSR count). The Hall–Kier alpha value is -0.380. The van der Waals surface area contributed by atoms with Gasteiger partial charge in [0.2, 0.25) is 10.0 Å². The van der Waals surface area contributed by atoms with Crippen molar-refractivity contribution in [3.05, 3.63) is 24.3 Å². The molecule has 0 radical (unpaired) electrons. The van der Waals surface area contributed by atoms with Crippen molar-refractivity contribution in [2.45, 2.75) is 36.6 Å². The van der Waals surface area contributed by atoms with Gasteiger partial charge in [0.05, 0.1) is 38.2 Å². The second-order valence-electron chi connectivity index (χ2n) is 6.94.